The van der Waals surface area contributed by atoms with Gasteiger partial charge in [0.05, 0.1) is 17.1 Å². The van der Waals surface area contributed by atoms with Gasteiger partial charge in [-0.3, -0.25) is 19.4 Å². The molecule has 6 aliphatic rings. The maximum absolute atomic E-state index is 12.5. The number of phenols is 1. The third kappa shape index (κ3) is 2.07. The van der Waals surface area contributed by atoms with Crippen molar-refractivity contribution in [1.29, 1.82) is 0 Å². The standard InChI is InChI=1S/C24H26N2O5/c27-16-4-3-14-11-17-24(30)8-7-15(26-18(28)5-6-19(26)29)22-23(24,20(14)21(16)31-22)9-10-25(17)12-13-1-2-13/h3-6,13,15,17,22,27,30H,1-2,7-12H2/t15-,17+,22+,23+,24-/m1/s1. The Morgan fingerprint density at radius 1 is 1.10 bits per heavy atom. The molecule has 7 heteroatoms. The van der Waals surface area contributed by atoms with E-state index >= 15 is 0 Å². The fourth-order valence-electron chi connectivity index (χ4n) is 7.46. The number of carbonyl (C=O) groups excluding carboxylic acids is 2. The predicted octanol–water partition coefficient (Wildman–Crippen LogP) is 1.25. The van der Waals surface area contributed by atoms with Gasteiger partial charge < -0.3 is 14.9 Å². The minimum Gasteiger partial charge on any atom is -0.504 e. The van der Waals surface area contributed by atoms with Crippen LogP contribution in [0.5, 0.6) is 11.5 Å². The number of hydrogen-bond acceptors (Lipinski definition) is 6. The summed E-state index contributed by atoms with van der Waals surface area (Å²) in [5.74, 6) is 0.597. The summed E-state index contributed by atoms with van der Waals surface area (Å²) >= 11 is 0. The van der Waals surface area contributed by atoms with Gasteiger partial charge in [0.1, 0.15) is 6.10 Å². The van der Waals surface area contributed by atoms with Crippen LogP contribution in [0.2, 0.25) is 0 Å². The van der Waals surface area contributed by atoms with E-state index in [4.69, 9.17) is 4.74 Å². The number of hydrogen-bond donors (Lipinski definition) is 2. The normalized spacial score (nSPS) is 40.3. The van der Waals surface area contributed by atoms with Gasteiger partial charge in [0.15, 0.2) is 11.5 Å². The Hall–Kier alpha value is -2.38. The number of aliphatic hydroxyl groups is 1. The van der Waals surface area contributed by atoms with Crippen molar-refractivity contribution in [1.82, 2.24) is 9.80 Å². The second-order valence-electron chi connectivity index (χ2n) is 10.3. The Morgan fingerprint density at radius 2 is 1.87 bits per heavy atom. The Bertz CT molecular complexity index is 1050. The molecule has 2 N–H and O–H groups in total. The molecule has 0 radical (unpaired) electrons. The van der Waals surface area contributed by atoms with Crippen molar-refractivity contribution in [3.63, 3.8) is 0 Å². The molecule has 1 aromatic carbocycles. The first kappa shape index (κ1) is 18.2. The molecule has 7 nitrogen and oxygen atoms in total. The smallest absolute Gasteiger partial charge is 0.254 e. The Kier molecular flexibility index (Phi) is 3.35. The maximum atomic E-state index is 12.5. The van der Waals surface area contributed by atoms with Crippen LogP contribution in [0.15, 0.2) is 24.3 Å². The van der Waals surface area contributed by atoms with Crippen LogP contribution in [-0.4, -0.2) is 68.7 Å². The first-order chi connectivity index (χ1) is 14.9. The second-order valence-corrected chi connectivity index (χ2v) is 10.3. The van der Waals surface area contributed by atoms with E-state index in [0.29, 0.717) is 25.0 Å². The highest BCUT2D eigenvalue weighted by Crippen LogP contribution is 2.66. The van der Waals surface area contributed by atoms with Crippen molar-refractivity contribution in [3.8, 4) is 11.5 Å². The summed E-state index contributed by atoms with van der Waals surface area (Å²) in [6.07, 6.45) is 7.05. The molecule has 1 spiro atoms. The molecule has 3 aliphatic heterocycles. The highest BCUT2D eigenvalue weighted by molar-refractivity contribution is 6.13. The third-order valence-electron chi connectivity index (χ3n) is 8.91. The van der Waals surface area contributed by atoms with Crippen LogP contribution in [-0.2, 0) is 21.4 Å². The van der Waals surface area contributed by atoms with Gasteiger partial charge in [-0.05, 0) is 62.6 Å². The minimum absolute atomic E-state index is 0.0139. The van der Waals surface area contributed by atoms with Gasteiger partial charge in [-0.1, -0.05) is 6.07 Å². The molecule has 3 aliphatic carbocycles. The quantitative estimate of drug-likeness (QED) is 0.713. The summed E-state index contributed by atoms with van der Waals surface area (Å²) in [6, 6.07) is 3.17. The van der Waals surface area contributed by atoms with E-state index in [-0.39, 0.29) is 23.6 Å². The van der Waals surface area contributed by atoms with Gasteiger partial charge in [-0.2, -0.15) is 0 Å². The van der Waals surface area contributed by atoms with Crippen molar-refractivity contribution in [2.45, 2.75) is 67.7 Å². The molecule has 2 bridgehead atoms. The summed E-state index contributed by atoms with van der Waals surface area (Å²) in [7, 11) is 0. The second kappa shape index (κ2) is 5.70. The van der Waals surface area contributed by atoms with E-state index in [9.17, 15) is 19.8 Å². The summed E-state index contributed by atoms with van der Waals surface area (Å²) in [6.45, 7) is 1.87. The molecule has 3 heterocycles. The average Bonchev–Trinajstić information content (AvgIpc) is 3.40. The number of benzene rings is 1. The molecule has 1 aromatic rings. The van der Waals surface area contributed by atoms with Crippen molar-refractivity contribution in [2.24, 2.45) is 5.92 Å². The van der Waals surface area contributed by atoms with Crippen LogP contribution in [0, 0.1) is 5.92 Å². The molecular formula is C24H26N2O5. The number of carbonyl (C=O) groups is 2. The Morgan fingerprint density at radius 3 is 2.61 bits per heavy atom. The zero-order chi connectivity index (χ0) is 21.1. The molecule has 3 fully saturated rings. The van der Waals surface area contributed by atoms with E-state index in [1.165, 1.54) is 29.9 Å². The molecule has 7 rings (SSSR count). The van der Waals surface area contributed by atoms with Crippen molar-refractivity contribution < 1.29 is 24.5 Å². The minimum atomic E-state index is -1.01. The van der Waals surface area contributed by atoms with Crippen molar-refractivity contribution >= 4 is 11.8 Å². The SMILES string of the molecule is O=C1C=CC(=O)N1[C@@H]1CC[C@@]2(O)[C@@H]3Cc4ccc(O)c5c4[C@@]2(CCN3CC2CC2)[C@H]1O5. The molecular weight excluding hydrogens is 396 g/mol. The van der Waals surface area contributed by atoms with Crippen LogP contribution in [0.1, 0.15) is 43.2 Å². The van der Waals surface area contributed by atoms with Gasteiger partial charge in [0, 0.05) is 30.3 Å². The van der Waals surface area contributed by atoms with E-state index in [1.54, 1.807) is 6.07 Å². The van der Waals surface area contributed by atoms with Crippen LogP contribution in [0.3, 0.4) is 0 Å². The molecule has 162 valence electrons. The Balaban J connectivity index is 1.40. The number of piperidine rings is 1. The average molecular weight is 422 g/mol. The van der Waals surface area contributed by atoms with Gasteiger partial charge in [0.2, 0.25) is 0 Å². The maximum Gasteiger partial charge on any atom is 0.254 e. The molecule has 2 saturated carbocycles. The zero-order valence-corrected chi connectivity index (χ0v) is 17.3. The van der Waals surface area contributed by atoms with Crippen LogP contribution >= 0.6 is 0 Å². The van der Waals surface area contributed by atoms with Gasteiger partial charge >= 0.3 is 0 Å². The highest BCUT2D eigenvalue weighted by Gasteiger charge is 2.74. The highest BCUT2D eigenvalue weighted by atomic mass is 16.5. The van der Waals surface area contributed by atoms with E-state index in [2.05, 4.69) is 4.90 Å². The lowest BCUT2D eigenvalue weighted by molar-refractivity contribution is -0.201. The monoisotopic (exact) mass is 422 g/mol. The number of aromatic hydroxyl groups is 1. The number of likely N-dealkylation sites (tertiary alicyclic amines) is 1. The fourth-order valence-corrected chi connectivity index (χ4v) is 7.46. The van der Waals surface area contributed by atoms with Gasteiger partial charge in [-0.25, -0.2) is 0 Å². The number of rotatable bonds is 3. The summed E-state index contributed by atoms with van der Waals surface area (Å²) in [5, 5.41) is 23.0. The lowest BCUT2D eigenvalue weighted by Crippen LogP contribution is -2.78. The summed E-state index contributed by atoms with van der Waals surface area (Å²) < 4.78 is 6.42. The molecule has 2 amide bonds. The molecule has 5 atom stereocenters. The summed E-state index contributed by atoms with van der Waals surface area (Å²) in [5.41, 5.74) is 0.306. The van der Waals surface area contributed by atoms with E-state index < -0.39 is 23.2 Å². The fraction of sp³-hybridized carbons (Fsp3) is 0.583. The number of amides is 2. The van der Waals surface area contributed by atoms with Gasteiger partial charge in [-0.15, -0.1) is 0 Å². The van der Waals surface area contributed by atoms with Crippen LogP contribution in [0.4, 0.5) is 0 Å². The third-order valence-corrected chi connectivity index (χ3v) is 8.91. The van der Waals surface area contributed by atoms with E-state index in [1.807, 2.05) is 6.07 Å². The number of phenolic OH excluding ortho intramolecular Hbond substituents is 1. The van der Waals surface area contributed by atoms with E-state index in [0.717, 1.165) is 36.6 Å². The molecule has 1 saturated heterocycles. The van der Waals surface area contributed by atoms with Crippen molar-refractivity contribution in [2.75, 3.05) is 13.1 Å². The molecule has 0 aromatic heterocycles. The predicted molar refractivity (Wildman–Crippen MR) is 110 cm³/mol. The van der Waals surface area contributed by atoms with Crippen LogP contribution in [0.25, 0.3) is 0 Å². The first-order valence-corrected chi connectivity index (χ1v) is 11.5. The van der Waals surface area contributed by atoms with Gasteiger partial charge in [0.25, 0.3) is 11.8 Å². The first-order valence-electron chi connectivity index (χ1n) is 11.5. The topological polar surface area (TPSA) is 90.3 Å². The molecule has 31 heavy (non-hydrogen) atoms. The largest absolute Gasteiger partial charge is 0.504 e. The van der Waals surface area contributed by atoms with Crippen LogP contribution < -0.4 is 4.74 Å². The lowest BCUT2D eigenvalue weighted by atomic mass is 9.48. The summed E-state index contributed by atoms with van der Waals surface area (Å²) in [4.78, 5) is 28.9. The number of ether oxygens (including phenoxy) is 1. The Labute approximate surface area is 180 Å². The molecule has 0 unspecified atom stereocenters. The number of nitrogens with zero attached hydrogens (tertiary/aromatic N) is 2. The zero-order valence-electron chi connectivity index (χ0n) is 17.3. The lowest BCUT2D eigenvalue weighted by Gasteiger charge is -2.64. The van der Waals surface area contributed by atoms with Crippen molar-refractivity contribution in [3.05, 3.63) is 35.4 Å². The number of imide groups is 1.